The zero-order chi connectivity index (χ0) is 19.1. The molecule has 0 unspecified atom stereocenters. The average molecular weight is 362 g/mol. The maximum atomic E-state index is 14.2. The van der Waals surface area contributed by atoms with E-state index in [2.05, 4.69) is 9.97 Å². The molecule has 1 aliphatic heterocycles. The number of hydrogen-bond acceptors (Lipinski definition) is 6. The third kappa shape index (κ3) is 6.15. The van der Waals surface area contributed by atoms with Crippen LogP contribution in [0.1, 0.15) is 32.9 Å². The number of nitrogens with zero attached hydrogens (tertiary/aromatic N) is 3. The van der Waals surface area contributed by atoms with Crippen molar-refractivity contribution in [2.45, 2.75) is 45.8 Å². The largest absolute Gasteiger partial charge is 0.488 e. The van der Waals surface area contributed by atoms with Gasteiger partial charge in [0, 0.05) is 37.0 Å². The third-order valence-corrected chi connectivity index (χ3v) is 3.75. The molecule has 0 radical (unpaired) electrons. The van der Waals surface area contributed by atoms with Crippen LogP contribution in [0, 0.1) is 0 Å². The molecule has 0 aromatic carbocycles. The van der Waals surface area contributed by atoms with Crippen LogP contribution >= 0.6 is 0 Å². The molecule has 3 N–H and O–H groups in total. The minimum Gasteiger partial charge on any atom is -0.488 e. The van der Waals surface area contributed by atoms with Crippen LogP contribution in [0.4, 0.5) is 10.2 Å². The van der Waals surface area contributed by atoms with Crippen molar-refractivity contribution in [3.63, 3.8) is 0 Å². The van der Waals surface area contributed by atoms with Crippen molar-refractivity contribution in [3.05, 3.63) is 53.6 Å². The highest BCUT2D eigenvalue weighted by Gasteiger charge is 2.21. The van der Waals surface area contributed by atoms with Gasteiger partial charge < -0.3 is 20.5 Å². The summed E-state index contributed by atoms with van der Waals surface area (Å²) in [4.78, 5) is 10.5. The standard InChI is InChI=1S/C19H27FN4O2/c1-13(2)26-18(17(20)9-14(3)21)6-4-5-15-10-19(23-12-22-15)24-8-7-16(25)11-24/h4,6,9-10,12-13,16,25H,5,7-8,11,21H2,1-3H3/b6-4+,14-9+,18-17-/t16-/m1/s1. The smallest absolute Gasteiger partial charge is 0.166 e. The predicted octanol–water partition coefficient (Wildman–Crippen LogP) is 2.61. The Bertz CT molecular complexity index is 697. The summed E-state index contributed by atoms with van der Waals surface area (Å²) in [6.45, 7) is 6.65. The van der Waals surface area contributed by atoms with Gasteiger partial charge in [-0.1, -0.05) is 6.08 Å². The summed E-state index contributed by atoms with van der Waals surface area (Å²) in [6.07, 6.45) is 6.92. The summed E-state index contributed by atoms with van der Waals surface area (Å²) in [7, 11) is 0. The zero-order valence-electron chi connectivity index (χ0n) is 15.5. The van der Waals surface area contributed by atoms with Gasteiger partial charge in [0.1, 0.15) is 12.1 Å². The second kappa shape index (κ2) is 9.33. The Morgan fingerprint density at radius 2 is 2.27 bits per heavy atom. The van der Waals surface area contributed by atoms with Gasteiger partial charge in [0.25, 0.3) is 0 Å². The third-order valence-electron chi connectivity index (χ3n) is 3.75. The van der Waals surface area contributed by atoms with Crippen LogP contribution in [0.3, 0.4) is 0 Å². The minimum absolute atomic E-state index is 0.141. The molecule has 142 valence electrons. The number of ether oxygens (including phenoxy) is 1. The Labute approximate surface area is 153 Å². The highest BCUT2D eigenvalue weighted by atomic mass is 19.1. The van der Waals surface area contributed by atoms with Crippen molar-refractivity contribution in [1.82, 2.24) is 9.97 Å². The lowest BCUT2D eigenvalue weighted by atomic mass is 10.2. The molecule has 0 bridgehead atoms. The topological polar surface area (TPSA) is 84.5 Å². The van der Waals surface area contributed by atoms with Crippen molar-refractivity contribution >= 4 is 5.82 Å². The Kier molecular flexibility index (Phi) is 7.15. The van der Waals surface area contributed by atoms with Crippen LogP contribution in [0.15, 0.2) is 47.9 Å². The molecule has 7 heteroatoms. The first-order valence-corrected chi connectivity index (χ1v) is 8.76. The van der Waals surface area contributed by atoms with E-state index in [9.17, 15) is 9.50 Å². The SMILES string of the molecule is C\C(N)=C/C(F)=C(\C=C\Cc1cc(N2CC[C@@H](O)C2)ncn1)OC(C)C. The van der Waals surface area contributed by atoms with Gasteiger partial charge in [-0.15, -0.1) is 0 Å². The Morgan fingerprint density at radius 3 is 2.88 bits per heavy atom. The van der Waals surface area contributed by atoms with Crippen LogP contribution < -0.4 is 10.6 Å². The first-order valence-electron chi connectivity index (χ1n) is 8.76. The molecule has 2 rings (SSSR count). The molecule has 2 heterocycles. The fourth-order valence-electron chi connectivity index (χ4n) is 2.61. The van der Waals surface area contributed by atoms with E-state index in [0.29, 0.717) is 18.7 Å². The van der Waals surface area contributed by atoms with Gasteiger partial charge in [-0.05, 0) is 39.3 Å². The molecule has 1 saturated heterocycles. The summed E-state index contributed by atoms with van der Waals surface area (Å²) in [5.41, 5.74) is 6.71. The van der Waals surface area contributed by atoms with E-state index in [4.69, 9.17) is 10.5 Å². The lowest BCUT2D eigenvalue weighted by Crippen LogP contribution is -2.22. The maximum absolute atomic E-state index is 14.2. The number of allylic oxidation sites excluding steroid dienone is 5. The van der Waals surface area contributed by atoms with Gasteiger partial charge in [0.2, 0.25) is 0 Å². The van der Waals surface area contributed by atoms with E-state index in [1.54, 1.807) is 19.1 Å². The molecule has 0 aliphatic carbocycles. The van der Waals surface area contributed by atoms with Crippen molar-refractivity contribution in [2.24, 2.45) is 5.73 Å². The van der Waals surface area contributed by atoms with Crippen molar-refractivity contribution < 1.29 is 14.2 Å². The number of aliphatic hydroxyl groups excluding tert-OH is 1. The molecule has 0 spiro atoms. The highest BCUT2D eigenvalue weighted by Crippen LogP contribution is 2.19. The van der Waals surface area contributed by atoms with E-state index < -0.39 is 5.83 Å². The fraction of sp³-hybridized carbons (Fsp3) is 0.474. The van der Waals surface area contributed by atoms with Gasteiger partial charge in [-0.25, -0.2) is 14.4 Å². The summed E-state index contributed by atoms with van der Waals surface area (Å²) < 4.78 is 19.7. The monoisotopic (exact) mass is 362 g/mol. The Morgan fingerprint density at radius 1 is 1.50 bits per heavy atom. The quantitative estimate of drug-likeness (QED) is 0.573. The molecule has 6 nitrogen and oxygen atoms in total. The van der Waals surface area contributed by atoms with Crippen molar-refractivity contribution in [1.29, 1.82) is 0 Å². The van der Waals surface area contributed by atoms with Crippen molar-refractivity contribution in [2.75, 3.05) is 18.0 Å². The first-order chi connectivity index (χ1) is 12.3. The lowest BCUT2D eigenvalue weighted by Gasteiger charge is -2.16. The summed E-state index contributed by atoms with van der Waals surface area (Å²) in [5, 5.41) is 9.65. The van der Waals surface area contributed by atoms with Crippen LogP contribution in [0.2, 0.25) is 0 Å². The van der Waals surface area contributed by atoms with E-state index in [1.807, 2.05) is 24.8 Å². The van der Waals surface area contributed by atoms with Crippen LogP contribution in [-0.2, 0) is 11.2 Å². The Hall–Kier alpha value is -2.41. The molecule has 0 saturated carbocycles. The molecule has 1 aromatic heterocycles. The van der Waals surface area contributed by atoms with Gasteiger partial charge in [-0.3, -0.25) is 0 Å². The van der Waals surface area contributed by atoms with Crippen LogP contribution in [-0.4, -0.2) is 40.4 Å². The van der Waals surface area contributed by atoms with E-state index in [-0.39, 0.29) is 18.0 Å². The average Bonchev–Trinajstić information content (AvgIpc) is 3.00. The second-order valence-electron chi connectivity index (χ2n) is 6.63. The molecule has 1 fully saturated rings. The molecule has 26 heavy (non-hydrogen) atoms. The first kappa shape index (κ1) is 19.9. The molecular weight excluding hydrogens is 335 g/mol. The molecule has 1 atom stereocenters. The minimum atomic E-state index is -0.510. The van der Waals surface area contributed by atoms with Gasteiger partial charge >= 0.3 is 0 Å². The predicted molar refractivity (Wildman–Crippen MR) is 100 cm³/mol. The number of halogens is 1. The highest BCUT2D eigenvalue weighted by molar-refractivity contribution is 5.40. The normalized spacial score (nSPS) is 19.4. The number of anilines is 1. The number of β-amino-alcohol motifs (C(OH)–C–C–N with tert-alkyl or cyclic N) is 1. The number of aromatic nitrogens is 2. The second-order valence-corrected chi connectivity index (χ2v) is 6.63. The van der Waals surface area contributed by atoms with Crippen LogP contribution in [0.5, 0.6) is 0 Å². The van der Waals surface area contributed by atoms with E-state index in [1.165, 1.54) is 12.4 Å². The summed E-state index contributed by atoms with van der Waals surface area (Å²) in [5.74, 6) is 0.424. The summed E-state index contributed by atoms with van der Waals surface area (Å²) >= 11 is 0. The fourth-order valence-corrected chi connectivity index (χ4v) is 2.61. The number of hydrogen-bond donors (Lipinski definition) is 2. The van der Waals surface area contributed by atoms with Crippen LogP contribution in [0.25, 0.3) is 0 Å². The summed E-state index contributed by atoms with van der Waals surface area (Å²) in [6, 6.07) is 1.88. The molecular formula is C19H27FN4O2. The molecule has 1 aromatic rings. The van der Waals surface area contributed by atoms with Gasteiger partial charge in [0.05, 0.1) is 12.2 Å². The van der Waals surface area contributed by atoms with Gasteiger partial charge in [-0.2, -0.15) is 0 Å². The molecule has 0 amide bonds. The van der Waals surface area contributed by atoms with Gasteiger partial charge in [0.15, 0.2) is 11.6 Å². The van der Waals surface area contributed by atoms with E-state index >= 15 is 0 Å². The maximum Gasteiger partial charge on any atom is 0.166 e. The zero-order valence-corrected chi connectivity index (χ0v) is 15.5. The lowest BCUT2D eigenvalue weighted by molar-refractivity contribution is 0.151. The Balaban J connectivity index is 2.09. The van der Waals surface area contributed by atoms with E-state index in [0.717, 1.165) is 24.5 Å². The number of aliphatic hydroxyl groups is 1. The number of nitrogens with two attached hydrogens (primary N) is 1. The molecule has 1 aliphatic rings. The number of rotatable bonds is 7. The van der Waals surface area contributed by atoms with Crippen molar-refractivity contribution in [3.8, 4) is 0 Å².